The lowest BCUT2D eigenvalue weighted by Gasteiger charge is -2.29. The highest BCUT2D eigenvalue weighted by Crippen LogP contribution is 2.28. The molecule has 0 unspecified atom stereocenters. The lowest BCUT2D eigenvalue weighted by Crippen LogP contribution is -2.50. The summed E-state index contributed by atoms with van der Waals surface area (Å²) in [5, 5.41) is 2.92. The summed E-state index contributed by atoms with van der Waals surface area (Å²) in [4.78, 5) is 28.4. The quantitative estimate of drug-likeness (QED) is 0.921. The molecule has 1 atom stereocenters. The van der Waals surface area contributed by atoms with Gasteiger partial charge < -0.3 is 10.2 Å². The van der Waals surface area contributed by atoms with E-state index in [1.165, 1.54) is 5.56 Å². The van der Waals surface area contributed by atoms with Crippen LogP contribution in [-0.2, 0) is 16.0 Å². The molecule has 23 heavy (non-hydrogen) atoms. The van der Waals surface area contributed by atoms with E-state index in [9.17, 15) is 9.59 Å². The van der Waals surface area contributed by atoms with Crippen LogP contribution in [0.4, 0.5) is 5.69 Å². The third-order valence-corrected chi connectivity index (χ3v) is 4.08. The van der Waals surface area contributed by atoms with E-state index in [4.69, 9.17) is 0 Å². The number of rotatable bonds is 4. The monoisotopic (exact) mass is 317 g/mol. The van der Waals surface area contributed by atoms with Gasteiger partial charge in [-0.3, -0.25) is 14.5 Å². The van der Waals surface area contributed by atoms with Crippen molar-refractivity contribution >= 4 is 17.5 Å². The number of nitrogens with zero attached hydrogens (tertiary/aromatic N) is 2. The van der Waals surface area contributed by atoms with Crippen molar-refractivity contribution in [2.45, 2.75) is 45.7 Å². The second kappa shape index (κ2) is 6.71. The van der Waals surface area contributed by atoms with E-state index in [0.29, 0.717) is 6.54 Å². The maximum Gasteiger partial charge on any atom is 0.244 e. The molecule has 1 N–H and O–H groups in total. The maximum absolute atomic E-state index is 12.8. The molecule has 1 heterocycles. The van der Waals surface area contributed by atoms with Crippen LogP contribution < -0.4 is 10.2 Å². The van der Waals surface area contributed by atoms with Gasteiger partial charge in [-0.1, -0.05) is 18.2 Å². The molecule has 0 saturated carbocycles. The van der Waals surface area contributed by atoms with Gasteiger partial charge in [-0.15, -0.1) is 0 Å². The maximum atomic E-state index is 12.8. The molecule has 5 nitrogen and oxygen atoms in total. The highest BCUT2D eigenvalue weighted by Gasteiger charge is 2.30. The van der Waals surface area contributed by atoms with Gasteiger partial charge in [-0.2, -0.15) is 0 Å². The summed E-state index contributed by atoms with van der Waals surface area (Å²) in [6.45, 7) is 8.61. The Kier molecular flexibility index (Phi) is 5.09. The van der Waals surface area contributed by atoms with Crippen LogP contribution in [0.15, 0.2) is 24.3 Å². The Balaban J connectivity index is 1.99. The van der Waals surface area contributed by atoms with Crippen LogP contribution in [0.1, 0.15) is 33.3 Å². The molecule has 2 amide bonds. The third-order valence-electron chi connectivity index (χ3n) is 4.08. The number of hydrogen-bond acceptors (Lipinski definition) is 3. The number of nitrogens with one attached hydrogen (secondary N) is 1. The molecule has 0 bridgehead atoms. The SMILES string of the molecule is C[C@@H](C(=O)N1CCc2ccccc21)N(C)CC(=O)NC(C)(C)C. The molecule has 0 spiro atoms. The second-order valence-electron chi connectivity index (χ2n) is 7.26. The molecule has 1 aromatic carbocycles. The van der Waals surface area contributed by atoms with Crippen molar-refractivity contribution < 1.29 is 9.59 Å². The van der Waals surface area contributed by atoms with E-state index in [1.807, 2.05) is 57.8 Å². The second-order valence-corrected chi connectivity index (χ2v) is 7.26. The number of anilines is 1. The van der Waals surface area contributed by atoms with E-state index >= 15 is 0 Å². The number of benzene rings is 1. The first-order chi connectivity index (χ1) is 10.7. The minimum atomic E-state index is -0.341. The van der Waals surface area contributed by atoms with Gasteiger partial charge in [0.25, 0.3) is 0 Å². The fourth-order valence-electron chi connectivity index (χ4n) is 2.80. The number of fused-ring (bicyclic) bond motifs is 1. The highest BCUT2D eigenvalue weighted by molar-refractivity contribution is 5.99. The van der Waals surface area contributed by atoms with Gasteiger partial charge in [-0.25, -0.2) is 0 Å². The highest BCUT2D eigenvalue weighted by atomic mass is 16.2. The summed E-state index contributed by atoms with van der Waals surface area (Å²) in [5.74, 6) is -0.0255. The van der Waals surface area contributed by atoms with Crippen molar-refractivity contribution in [1.29, 1.82) is 0 Å². The molecule has 0 fully saturated rings. The lowest BCUT2D eigenvalue weighted by atomic mass is 10.1. The van der Waals surface area contributed by atoms with Crippen molar-refractivity contribution in [1.82, 2.24) is 10.2 Å². The number of amides is 2. The first-order valence-electron chi connectivity index (χ1n) is 8.09. The van der Waals surface area contributed by atoms with Crippen molar-refractivity contribution in [3.63, 3.8) is 0 Å². The molecule has 0 aromatic heterocycles. The number of likely N-dealkylation sites (N-methyl/N-ethyl adjacent to an activating group) is 1. The smallest absolute Gasteiger partial charge is 0.244 e. The fourth-order valence-corrected chi connectivity index (χ4v) is 2.80. The van der Waals surface area contributed by atoms with Gasteiger partial charge >= 0.3 is 0 Å². The first kappa shape index (κ1) is 17.5. The zero-order chi connectivity index (χ0) is 17.2. The molecular formula is C18H27N3O2. The molecule has 0 aliphatic carbocycles. The van der Waals surface area contributed by atoms with Crippen LogP contribution in [0, 0.1) is 0 Å². The van der Waals surface area contributed by atoms with Crippen LogP contribution in [0.5, 0.6) is 0 Å². The zero-order valence-corrected chi connectivity index (χ0v) is 14.7. The third kappa shape index (κ3) is 4.32. The molecule has 2 rings (SSSR count). The molecular weight excluding hydrogens is 290 g/mol. The number of hydrogen-bond donors (Lipinski definition) is 1. The standard InChI is InChI=1S/C18H27N3O2/c1-13(20(5)12-16(22)19-18(2,3)4)17(23)21-11-10-14-8-6-7-9-15(14)21/h6-9,13H,10-12H2,1-5H3,(H,19,22)/t13-/m0/s1. The summed E-state index contributed by atoms with van der Waals surface area (Å²) in [7, 11) is 1.81. The van der Waals surface area contributed by atoms with Gasteiger partial charge in [0.05, 0.1) is 12.6 Å². The summed E-state index contributed by atoms with van der Waals surface area (Å²) in [6, 6.07) is 7.66. The Morgan fingerprint density at radius 2 is 1.96 bits per heavy atom. The van der Waals surface area contributed by atoms with Crippen molar-refractivity contribution in [3.05, 3.63) is 29.8 Å². The van der Waals surface area contributed by atoms with Crippen molar-refractivity contribution in [2.75, 3.05) is 25.0 Å². The minimum Gasteiger partial charge on any atom is -0.350 e. The van der Waals surface area contributed by atoms with Crippen LogP contribution in [0.25, 0.3) is 0 Å². The summed E-state index contributed by atoms with van der Waals surface area (Å²) >= 11 is 0. The average molecular weight is 317 g/mol. The van der Waals surface area contributed by atoms with Crippen LogP contribution in [-0.4, -0.2) is 48.4 Å². The van der Waals surface area contributed by atoms with Crippen molar-refractivity contribution in [2.24, 2.45) is 0 Å². The fraction of sp³-hybridized carbons (Fsp3) is 0.556. The van der Waals surface area contributed by atoms with Crippen LogP contribution in [0.2, 0.25) is 0 Å². The van der Waals surface area contributed by atoms with Crippen LogP contribution >= 0.6 is 0 Å². The van der Waals surface area contributed by atoms with Gasteiger partial charge in [0.2, 0.25) is 11.8 Å². The van der Waals surface area contributed by atoms with Gasteiger partial charge in [0, 0.05) is 17.8 Å². The first-order valence-corrected chi connectivity index (χ1v) is 8.09. The Morgan fingerprint density at radius 3 is 2.61 bits per heavy atom. The predicted molar refractivity (Wildman–Crippen MR) is 92.5 cm³/mol. The van der Waals surface area contributed by atoms with E-state index < -0.39 is 0 Å². The predicted octanol–water partition coefficient (Wildman–Crippen LogP) is 1.81. The van der Waals surface area contributed by atoms with E-state index in [-0.39, 0.29) is 29.9 Å². The minimum absolute atomic E-state index is 0.0426. The number of carbonyl (C=O) groups excluding carboxylic acids is 2. The molecule has 5 heteroatoms. The summed E-state index contributed by atoms with van der Waals surface area (Å²) in [6.07, 6.45) is 0.892. The summed E-state index contributed by atoms with van der Waals surface area (Å²) < 4.78 is 0. The topological polar surface area (TPSA) is 52.7 Å². The van der Waals surface area contributed by atoms with Gasteiger partial charge in [-0.05, 0) is 52.8 Å². The number of para-hydroxylation sites is 1. The van der Waals surface area contributed by atoms with Crippen LogP contribution in [0.3, 0.4) is 0 Å². The summed E-state index contributed by atoms with van der Waals surface area (Å²) in [5.41, 5.74) is 1.94. The lowest BCUT2D eigenvalue weighted by molar-refractivity contribution is -0.126. The largest absolute Gasteiger partial charge is 0.350 e. The molecule has 1 aliphatic heterocycles. The Hall–Kier alpha value is -1.88. The normalized spacial score (nSPS) is 15.5. The van der Waals surface area contributed by atoms with E-state index in [1.54, 1.807) is 4.90 Å². The molecule has 1 aliphatic rings. The Morgan fingerprint density at radius 1 is 1.30 bits per heavy atom. The van der Waals surface area contributed by atoms with Crippen molar-refractivity contribution in [3.8, 4) is 0 Å². The molecule has 0 radical (unpaired) electrons. The van der Waals surface area contributed by atoms with Gasteiger partial charge in [0.15, 0.2) is 0 Å². The van der Waals surface area contributed by atoms with Gasteiger partial charge in [0.1, 0.15) is 0 Å². The average Bonchev–Trinajstić information content (AvgIpc) is 2.87. The van der Waals surface area contributed by atoms with E-state index in [0.717, 1.165) is 12.1 Å². The molecule has 0 saturated heterocycles. The zero-order valence-electron chi connectivity index (χ0n) is 14.7. The molecule has 1 aromatic rings. The number of carbonyl (C=O) groups is 2. The Labute approximate surface area is 138 Å². The van der Waals surface area contributed by atoms with E-state index in [2.05, 4.69) is 11.4 Å². The molecule has 126 valence electrons. The Bertz CT molecular complexity index is 592.